The highest BCUT2D eigenvalue weighted by molar-refractivity contribution is 5.35. The minimum Gasteiger partial charge on any atom is -0.227 e. The van der Waals surface area contributed by atoms with E-state index in [0.717, 1.165) is 13.1 Å². The number of hydrogen-bond donors (Lipinski definition) is 1. The molecule has 0 aliphatic rings. The van der Waals surface area contributed by atoms with Crippen LogP contribution in [0.2, 0.25) is 0 Å². The fourth-order valence-electron chi connectivity index (χ4n) is 2.38. The van der Waals surface area contributed by atoms with E-state index < -0.39 is 0 Å². The molecule has 0 amide bonds. The Morgan fingerprint density at radius 2 is 2.05 bits per heavy atom. The molecule has 0 saturated carbocycles. The number of hydrazine groups is 2. The van der Waals surface area contributed by atoms with Gasteiger partial charge in [0.2, 0.25) is 0 Å². The van der Waals surface area contributed by atoms with Crippen LogP contribution in [0.3, 0.4) is 0 Å². The van der Waals surface area contributed by atoms with E-state index in [1.54, 1.807) is 0 Å². The SMILES string of the molecule is C=CCN(CC)NN(C)C(/C=C/C)c1cc(C)ccc1C. The second kappa shape index (κ2) is 8.78. The molecule has 116 valence electrons. The lowest BCUT2D eigenvalue weighted by Gasteiger charge is -2.33. The Balaban J connectivity index is 3.00. The summed E-state index contributed by atoms with van der Waals surface area (Å²) in [6.45, 7) is 14.0. The lowest BCUT2D eigenvalue weighted by molar-refractivity contribution is 0.0361. The van der Waals surface area contributed by atoms with E-state index in [-0.39, 0.29) is 6.04 Å². The van der Waals surface area contributed by atoms with Crippen LogP contribution in [0.4, 0.5) is 0 Å². The average molecular weight is 287 g/mol. The predicted octanol–water partition coefficient (Wildman–Crippen LogP) is 3.78. The zero-order chi connectivity index (χ0) is 15.8. The lowest BCUT2D eigenvalue weighted by Crippen LogP contribution is -2.49. The fourth-order valence-corrected chi connectivity index (χ4v) is 2.38. The molecule has 1 aromatic carbocycles. The first-order valence-electron chi connectivity index (χ1n) is 7.58. The average Bonchev–Trinajstić information content (AvgIpc) is 2.46. The van der Waals surface area contributed by atoms with E-state index in [4.69, 9.17) is 0 Å². The molecule has 1 N–H and O–H groups in total. The molecule has 0 aromatic heterocycles. The van der Waals surface area contributed by atoms with Crippen molar-refractivity contribution in [3.63, 3.8) is 0 Å². The first-order chi connectivity index (χ1) is 10.0. The Kier molecular flexibility index (Phi) is 7.37. The van der Waals surface area contributed by atoms with Gasteiger partial charge in [0.1, 0.15) is 0 Å². The van der Waals surface area contributed by atoms with Gasteiger partial charge in [-0.15, -0.1) is 6.58 Å². The van der Waals surface area contributed by atoms with Crippen molar-refractivity contribution < 1.29 is 0 Å². The third kappa shape index (κ3) is 5.12. The smallest absolute Gasteiger partial charge is 0.0686 e. The molecule has 1 rings (SSSR count). The summed E-state index contributed by atoms with van der Waals surface area (Å²) in [6.07, 6.45) is 6.23. The molecular formula is C18H29N3. The van der Waals surface area contributed by atoms with Gasteiger partial charge >= 0.3 is 0 Å². The molecule has 1 atom stereocenters. The number of aryl methyl sites for hydroxylation is 2. The Labute approximate surface area is 129 Å². The molecule has 0 saturated heterocycles. The van der Waals surface area contributed by atoms with Crippen LogP contribution in [0.25, 0.3) is 0 Å². The van der Waals surface area contributed by atoms with Crippen LogP contribution in [-0.4, -0.2) is 30.2 Å². The summed E-state index contributed by atoms with van der Waals surface area (Å²) in [5.74, 6) is 0. The molecule has 1 aromatic rings. The van der Waals surface area contributed by atoms with Crippen molar-refractivity contribution in [1.29, 1.82) is 0 Å². The van der Waals surface area contributed by atoms with E-state index in [1.807, 2.05) is 6.08 Å². The minimum absolute atomic E-state index is 0.203. The van der Waals surface area contributed by atoms with Crippen molar-refractivity contribution in [1.82, 2.24) is 15.6 Å². The van der Waals surface area contributed by atoms with Crippen LogP contribution in [0, 0.1) is 13.8 Å². The molecule has 1 unspecified atom stereocenters. The second-order valence-corrected chi connectivity index (χ2v) is 5.37. The largest absolute Gasteiger partial charge is 0.227 e. The Hall–Kier alpha value is -1.42. The summed E-state index contributed by atoms with van der Waals surface area (Å²) in [4.78, 5) is 0. The second-order valence-electron chi connectivity index (χ2n) is 5.37. The van der Waals surface area contributed by atoms with E-state index in [9.17, 15) is 0 Å². The minimum atomic E-state index is 0.203. The van der Waals surface area contributed by atoms with Crippen molar-refractivity contribution in [2.24, 2.45) is 0 Å². The van der Waals surface area contributed by atoms with Gasteiger partial charge in [-0.1, -0.05) is 48.9 Å². The quantitative estimate of drug-likeness (QED) is 0.580. The maximum atomic E-state index is 3.81. The summed E-state index contributed by atoms with van der Waals surface area (Å²) in [5.41, 5.74) is 7.37. The molecule has 3 heteroatoms. The van der Waals surface area contributed by atoms with Crippen molar-refractivity contribution in [2.75, 3.05) is 20.1 Å². The van der Waals surface area contributed by atoms with Gasteiger partial charge in [0.25, 0.3) is 0 Å². The van der Waals surface area contributed by atoms with E-state index >= 15 is 0 Å². The molecular weight excluding hydrogens is 258 g/mol. The monoisotopic (exact) mass is 287 g/mol. The summed E-state index contributed by atoms with van der Waals surface area (Å²) >= 11 is 0. The van der Waals surface area contributed by atoms with E-state index in [1.165, 1.54) is 16.7 Å². The maximum Gasteiger partial charge on any atom is 0.0686 e. The predicted molar refractivity (Wildman–Crippen MR) is 91.8 cm³/mol. The van der Waals surface area contributed by atoms with Gasteiger partial charge in [-0.2, -0.15) is 5.53 Å². The number of nitrogens with zero attached hydrogens (tertiary/aromatic N) is 2. The number of hydrogen-bond acceptors (Lipinski definition) is 3. The molecule has 0 heterocycles. The van der Waals surface area contributed by atoms with Crippen LogP contribution in [0.15, 0.2) is 43.0 Å². The van der Waals surface area contributed by atoms with Gasteiger partial charge in [0.05, 0.1) is 6.04 Å². The van der Waals surface area contributed by atoms with Crippen LogP contribution in [0.5, 0.6) is 0 Å². The number of nitrogens with one attached hydrogen (secondary N) is 1. The highest BCUT2D eigenvalue weighted by Gasteiger charge is 2.17. The number of benzene rings is 1. The van der Waals surface area contributed by atoms with Gasteiger partial charge in [0, 0.05) is 20.1 Å². The number of likely N-dealkylation sites (N-methyl/N-ethyl adjacent to an activating group) is 2. The van der Waals surface area contributed by atoms with Gasteiger partial charge in [-0.05, 0) is 31.9 Å². The van der Waals surface area contributed by atoms with Crippen LogP contribution >= 0.6 is 0 Å². The lowest BCUT2D eigenvalue weighted by atomic mass is 9.98. The molecule has 0 radical (unpaired) electrons. The molecule has 0 fully saturated rings. The van der Waals surface area contributed by atoms with E-state index in [0.29, 0.717) is 0 Å². The first kappa shape index (κ1) is 17.6. The summed E-state index contributed by atoms with van der Waals surface area (Å²) in [6, 6.07) is 6.82. The first-order valence-corrected chi connectivity index (χ1v) is 7.58. The summed E-state index contributed by atoms with van der Waals surface area (Å²) in [5, 5.41) is 4.28. The zero-order valence-electron chi connectivity index (χ0n) is 14.1. The highest BCUT2D eigenvalue weighted by atomic mass is 15.7. The van der Waals surface area contributed by atoms with E-state index in [2.05, 4.69) is 87.2 Å². The van der Waals surface area contributed by atoms with Crippen molar-refractivity contribution >= 4 is 0 Å². The third-order valence-electron chi connectivity index (χ3n) is 3.58. The molecule has 3 nitrogen and oxygen atoms in total. The standard InChI is InChI=1S/C18H29N3/c1-7-10-18(17-14-15(4)11-12-16(17)5)20(6)19-21(9-3)13-8-2/h7-8,10-12,14,18-19H,2,9,13H2,1,3-6H3/b10-7+. The summed E-state index contributed by atoms with van der Waals surface area (Å²) < 4.78 is 0. The van der Waals surface area contributed by atoms with Crippen molar-refractivity contribution in [2.45, 2.75) is 33.7 Å². The molecule has 0 bridgehead atoms. The van der Waals surface area contributed by atoms with Gasteiger partial charge in [-0.25, -0.2) is 10.0 Å². The van der Waals surface area contributed by atoms with Crippen molar-refractivity contribution in [3.05, 3.63) is 59.7 Å². The number of rotatable bonds is 8. The van der Waals surface area contributed by atoms with Crippen LogP contribution in [-0.2, 0) is 0 Å². The molecule has 0 aliphatic heterocycles. The topological polar surface area (TPSA) is 18.5 Å². The van der Waals surface area contributed by atoms with Gasteiger partial charge in [0.15, 0.2) is 0 Å². The maximum absolute atomic E-state index is 3.81. The van der Waals surface area contributed by atoms with Gasteiger partial charge < -0.3 is 0 Å². The Bertz CT molecular complexity index is 479. The molecule has 0 aliphatic carbocycles. The normalized spacial score (nSPS) is 13.3. The summed E-state index contributed by atoms with van der Waals surface area (Å²) in [7, 11) is 2.08. The Morgan fingerprint density at radius 3 is 2.62 bits per heavy atom. The van der Waals surface area contributed by atoms with Crippen molar-refractivity contribution in [3.8, 4) is 0 Å². The highest BCUT2D eigenvalue weighted by Crippen LogP contribution is 2.24. The van der Waals surface area contributed by atoms with Gasteiger partial charge in [-0.3, -0.25) is 0 Å². The molecule has 0 spiro atoms. The number of allylic oxidation sites excluding steroid dienone is 1. The molecule has 21 heavy (non-hydrogen) atoms. The third-order valence-corrected chi connectivity index (χ3v) is 3.58. The fraction of sp³-hybridized carbons (Fsp3) is 0.444. The Morgan fingerprint density at radius 1 is 1.33 bits per heavy atom. The van der Waals surface area contributed by atoms with Crippen LogP contribution in [0.1, 0.15) is 36.6 Å². The van der Waals surface area contributed by atoms with Crippen LogP contribution < -0.4 is 5.53 Å². The zero-order valence-corrected chi connectivity index (χ0v) is 14.1.